The van der Waals surface area contributed by atoms with E-state index in [0.717, 1.165) is 6.42 Å². The first-order valence-corrected chi connectivity index (χ1v) is 4.20. The number of hydrogen-bond donors (Lipinski definition) is 0. The Morgan fingerprint density at radius 2 is 1.85 bits per heavy atom. The smallest absolute Gasteiger partial charge is 0.333 e. The lowest BCUT2D eigenvalue weighted by Gasteiger charge is -1.82. The second kappa shape index (κ2) is 4.64. The molecule has 2 rings (SSSR count). The van der Waals surface area contributed by atoms with E-state index in [9.17, 15) is 9.59 Å². The number of rotatable bonds is 0. The van der Waals surface area contributed by atoms with Crippen LogP contribution in [0.2, 0.25) is 0 Å². The molecule has 0 saturated carbocycles. The van der Waals surface area contributed by atoms with Gasteiger partial charge in [0, 0.05) is 18.4 Å². The van der Waals surface area contributed by atoms with Gasteiger partial charge in [-0.1, -0.05) is 6.58 Å². The van der Waals surface area contributed by atoms with E-state index in [4.69, 9.17) is 0 Å². The number of cyclic esters (lactones) is 2. The molecule has 0 atom stereocenters. The van der Waals surface area contributed by atoms with E-state index >= 15 is 0 Å². The van der Waals surface area contributed by atoms with Gasteiger partial charge in [-0.05, 0) is 6.42 Å². The Morgan fingerprint density at radius 1 is 1.08 bits per heavy atom. The van der Waals surface area contributed by atoms with Crippen LogP contribution in [0.15, 0.2) is 12.2 Å². The molecule has 4 nitrogen and oxygen atoms in total. The molecule has 4 heteroatoms. The summed E-state index contributed by atoms with van der Waals surface area (Å²) in [4.78, 5) is 20.3. The SMILES string of the molecule is C=C1CCOC1=O.O=C1CCCO1. The van der Waals surface area contributed by atoms with Crippen LogP contribution in [0.3, 0.4) is 0 Å². The molecular weight excluding hydrogens is 172 g/mol. The minimum Gasteiger partial charge on any atom is -0.466 e. The van der Waals surface area contributed by atoms with Gasteiger partial charge in [0.25, 0.3) is 0 Å². The topological polar surface area (TPSA) is 52.6 Å². The first-order valence-electron chi connectivity index (χ1n) is 4.20. The highest BCUT2D eigenvalue weighted by atomic mass is 16.5. The highest BCUT2D eigenvalue weighted by Crippen LogP contribution is 2.08. The Labute approximate surface area is 76.5 Å². The van der Waals surface area contributed by atoms with Crippen LogP contribution < -0.4 is 0 Å². The van der Waals surface area contributed by atoms with Crippen LogP contribution in [-0.2, 0) is 19.1 Å². The predicted octanol–water partition coefficient (Wildman–Crippen LogP) is 0.813. The van der Waals surface area contributed by atoms with Crippen molar-refractivity contribution in [3.8, 4) is 0 Å². The Morgan fingerprint density at radius 3 is 2.00 bits per heavy atom. The molecule has 2 saturated heterocycles. The molecule has 0 spiro atoms. The second-order valence-corrected chi connectivity index (χ2v) is 2.81. The fourth-order valence-corrected chi connectivity index (χ4v) is 0.946. The molecule has 0 aromatic heterocycles. The molecule has 13 heavy (non-hydrogen) atoms. The summed E-state index contributed by atoms with van der Waals surface area (Å²) in [6, 6.07) is 0. The lowest BCUT2D eigenvalue weighted by molar-refractivity contribution is -0.138. The largest absolute Gasteiger partial charge is 0.466 e. The van der Waals surface area contributed by atoms with Gasteiger partial charge in [0.15, 0.2) is 0 Å². The first-order chi connectivity index (χ1) is 6.20. The van der Waals surface area contributed by atoms with E-state index in [1.165, 1.54) is 0 Å². The molecule has 72 valence electrons. The van der Waals surface area contributed by atoms with Crippen LogP contribution in [0.5, 0.6) is 0 Å². The Hall–Kier alpha value is -1.32. The zero-order valence-electron chi connectivity index (χ0n) is 7.38. The summed E-state index contributed by atoms with van der Waals surface area (Å²) in [7, 11) is 0. The molecule has 0 amide bonds. The van der Waals surface area contributed by atoms with Crippen molar-refractivity contribution in [3.05, 3.63) is 12.2 Å². The van der Waals surface area contributed by atoms with E-state index in [-0.39, 0.29) is 11.9 Å². The normalized spacial score (nSPS) is 20.5. The number of carbonyl (C=O) groups is 2. The van der Waals surface area contributed by atoms with Crippen LogP contribution >= 0.6 is 0 Å². The predicted molar refractivity (Wildman–Crippen MR) is 44.9 cm³/mol. The molecular formula is C9H12O4. The molecule has 0 radical (unpaired) electrons. The average Bonchev–Trinajstić information content (AvgIpc) is 2.67. The van der Waals surface area contributed by atoms with Crippen molar-refractivity contribution in [2.75, 3.05) is 13.2 Å². The molecule has 2 aliphatic heterocycles. The highest BCUT2D eigenvalue weighted by molar-refractivity contribution is 5.89. The zero-order chi connectivity index (χ0) is 9.68. The van der Waals surface area contributed by atoms with Gasteiger partial charge in [-0.3, -0.25) is 4.79 Å². The average molecular weight is 184 g/mol. The number of carbonyl (C=O) groups excluding carboxylic acids is 2. The minimum absolute atomic E-state index is 0.0463. The number of hydrogen-bond acceptors (Lipinski definition) is 4. The Kier molecular flexibility index (Phi) is 3.49. The summed E-state index contributed by atoms with van der Waals surface area (Å²) in [5, 5.41) is 0. The lowest BCUT2D eigenvalue weighted by atomic mass is 10.3. The van der Waals surface area contributed by atoms with Crippen LogP contribution in [0.4, 0.5) is 0 Å². The maximum Gasteiger partial charge on any atom is 0.333 e. The quantitative estimate of drug-likeness (QED) is 0.413. The van der Waals surface area contributed by atoms with Crippen molar-refractivity contribution < 1.29 is 19.1 Å². The molecule has 0 unspecified atom stereocenters. The van der Waals surface area contributed by atoms with Gasteiger partial charge in [-0.25, -0.2) is 4.79 Å². The van der Waals surface area contributed by atoms with Crippen molar-refractivity contribution in [1.82, 2.24) is 0 Å². The third-order valence-electron chi connectivity index (χ3n) is 1.71. The highest BCUT2D eigenvalue weighted by Gasteiger charge is 2.14. The van der Waals surface area contributed by atoms with Gasteiger partial charge >= 0.3 is 11.9 Å². The van der Waals surface area contributed by atoms with Crippen molar-refractivity contribution in [2.24, 2.45) is 0 Å². The number of ether oxygens (including phenoxy) is 2. The van der Waals surface area contributed by atoms with Crippen molar-refractivity contribution >= 4 is 11.9 Å². The molecule has 0 aromatic carbocycles. The lowest BCUT2D eigenvalue weighted by Crippen LogP contribution is -1.91. The first kappa shape index (κ1) is 9.77. The van der Waals surface area contributed by atoms with E-state index in [1.807, 2.05) is 0 Å². The monoisotopic (exact) mass is 184 g/mol. The van der Waals surface area contributed by atoms with E-state index in [2.05, 4.69) is 16.1 Å². The molecule has 0 aromatic rings. The number of esters is 2. The summed E-state index contributed by atoms with van der Waals surface area (Å²) >= 11 is 0. The van der Waals surface area contributed by atoms with Crippen LogP contribution in [-0.4, -0.2) is 25.2 Å². The minimum atomic E-state index is -0.236. The summed E-state index contributed by atoms with van der Waals surface area (Å²) in [5.74, 6) is -0.282. The van der Waals surface area contributed by atoms with Crippen molar-refractivity contribution in [1.29, 1.82) is 0 Å². The van der Waals surface area contributed by atoms with E-state index in [0.29, 0.717) is 31.6 Å². The third-order valence-corrected chi connectivity index (χ3v) is 1.71. The van der Waals surface area contributed by atoms with Crippen molar-refractivity contribution in [2.45, 2.75) is 19.3 Å². The summed E-state index contributed by atoms with van der Waals surface area (Å²) in [6.45, 7) is 4.62. The van der Waals surface area contributed by atoms with E-state index in [1.54, 1.807) is 0 Å². The van der Waals surface area contributed by atoms with Gasteiger partial charge < -0.3 is 9.47 Å². The molecule has 2 heterocycles. The van der Waals surface area contributed by atoms with Gasteiger partial charge in [0.05, 0.1) is 13.2 Å². The van der Waals surface area contributed by atoms with Gasteiger partial charge in [-0.2, -0.15) is 0 Å². The maximum absolute atomic E-state index is 10.3. The van der Waals surface area contributed by atoms with Gasteiger partial charge in [0.1, 0.15) is 0 Å². The zero-order valence-corrected chi connectivity index (χ0v) is 7.38. The fraction of sp³-hybridized carbons (Fsp3) is 0.556. The van der Waals surface area contributed by atoms with Crippen LogP contribution in [0.1, 0.15) is 19.3 Å². The molecule has 0 N–H and O–H groups in total. The summed E-state index contributed by atoms with van der Waals surface area (Å²) in [5.41, 5.74) is 0.597. The van der Waals surface area contributed by atoms with Gasteiger partial charge in [0.2, 0.25) is 0 Å². The van der Waals surface area contributed by atoms with Crippen LogP contribution in [0, 0.1) is 0 Å². The maximum atomic E-state index is 10.3. The summed E-state index contributed by atoms with van der Waals surface area (Å²) in [6.07, 6.45) is 2.25. The van der Waals surface area contributed by atoms with Crippen molar-refractivity contribution in [3.63, 3.8) is 0 Å². The van der Waals surface area contributed by atoms with E-state index < -0.39 is 0 Å². The standard InChI is InChI=1S/C5H6O2.C4H6O2/c1-4-2-3-7-5(4)6;5-4-2-1-3-6-4/h1-3H2;1-3H2. The molecule has 0 aliphatic carbocycles. The summed E-state index contributed by atoms with van der Waals surface area (Å²) < 4.78 is 9.04. The third kappa shape index (κ3) is 3.27. The van der Waals surface area contributed by atoms with Gasteiger partial charge in [-0.15, -0.1) is 0 Å². The molecule has 0 bridgehead atoms. The van der Waals surface area contributed by atoms with Crippen LogP contribution in [0.25, 0.3) is 0 Å². The Balaban J connectivity index is 0.000000132. The Bertz CT molecular complexity index is 210. The fourth-order valence-electron chi connectivity index (χ4n) is 0.946. The molecule has 2 aliphatic rings. The molecule has 2 fully saturated rings. The second-order valence-electron chi connectivity index (χ2n) is 2.81.